The van der Waals surface area contributed by atoms with Gasteiger partial charge in [-0.2, -0.15) is 5.10 Å². The summed E-state index contributed by atoms with van der Waals surface area (Å²) in [6.07, 6.45) is 6.70. The molecule has 5 heterocycles. The van der Waals surface area contributed by atoms with Crippen molar-refractivity contribution >= 4 is 22.6 Å². The van der Waals surface area contributed by atoms with Crippen molar-refractivity contribution in [1.29, 1.82) is 0 Å². The average molecular weight is 377 g/mol. The van der Waals surface area contributed by atoms with E-state index in [1.165, 1.54) is 0 Å². The lowest BCUT2D eigenvalue weighted by atomic mass is 10.0. The Kier molecular flexibility index (Phi) is 3.75. The average Bonchev–Trinajstić information content (AvgIpc) is 3.27. The monoisotopic (exact) mass is 377 g/mol. The molecule has 4 aromatic heterocycles. The Labute approximate surface area is 159 Å². The van der Waals surface area contributed by atoms with E-state index in [4.69, 9.17) is 4.98 Å². The van der Waals surface area contributed by atoms with Crippen LogP contribution in [0.5, 0.6) is 0 Å². The highest BCUT2D eigenvalue weighted by molar-refractivity contribution is 5.79. The van der Waals surface area contributed by atoms with E-state index < -0.39 is 0 Å². The predicted octanol–water partition coefficient (Wildman–Crippen LogP) is 1.62. The first-order valence-electron chi connectivity index (χ1n) is 9.27. The second-order valence-corrected chi connectivity index (χ2v) is 7.06. The minimum atomic E-state index is -0.192. The number of carbonyl (C=O) groups is 1. The van der Waals surface area contributed by atoms with Crippen molar-refractivity contribution < 1.29 is 4.79 Å². The predicted molar refractivity (Wildman–Crippen MR) is 103 cm³/mol. The number of fused-ring (bicyclic) bond motifs is 2. The van der Waals surface area contributed by atoms with Gasteiger partial charge < -0.3 is 9.88 Å². The summed E-state index contributed by atoms with van der Waals surface area (Å²) in [4.78, 5) is 38.0. The summed E-state index contributed by atoms with van der Waals surface area (Å²) in [5.74, 6) is 0.602. The Balaban J connectivity index is 1.58. The van der Waals surface area contributed by atoms with E-state index in [1.54, 1.807) is 28.4 Å². The smallest absolute Gasteiger partial charge is 0.327 e. The molecule has 5 rings (SSSR count). The van der Waals surface area contributed by atoms with E-state index in [-0.39, 0.29) is 17.6 Å². The molecule has 1 fully saturated rings. The Hall–Kier alpha value is -3.49. The number of aromatic nitrogens is 6. The Morgan fingerprint density at radius 3 is 2.82 bits per heavy atom. The lowest BCUT2D eigenvalue weighted by Gasteiger charge is -2.31. The maximum absolute atomic E-state index is 12.6. The number of likely N-dealkylation sites (tertiary alicyclic amines) is 1. The molecule has 0 unspecified atom stereocenters. The van der Waals surface area contributed by atoms with E-state index in [9.17, 15) is 9.59 Å². The molecule has 142 valence electrons. The van der Waals surface area contributed by atoms with Gasteiger partial charge >= 0.3 is 5.69 Å². The molecule has 1 amide bonds. The van der Waals surface area contributed by atoms with Gasteiger partial charge in [-0.3, -0.25) is 9.36 Å². The van der Waals surface area contributed by atoms with E-state index in [1.807, 2.05) is 29.3 Å². The fourth-order valence-corrected chi connectivity index (χ4v) is 3.93. The van der Waals surface area contributed by atoms with E-state index in [2.05, 4.69) is 15.1 Å². The summed E-state index contributed by atoms with van der Waals surface area (Å²) in [5.41, 5.74) is 2.73. The largest absolute Gasteiger partial charge is 0.343 e. The van der Waals surface area contributed by atoms with Gasteiger partial charge in [0, 0.05) is 32.3 Å². The maximum Gasteiger partial charge on any atom is 0.327 e. The van der Waals surface area contributed by atoms with Gasteiger partial charge in [0.1, 0.15) is 5.52 Å². The second-order valence-electron chi connectivity index (χ2n) is 7.06. The third-order valence-electron chi connectivity index (χ3n) is 5.40. The third kappa shape index (κ3) is 2.58. The molecule has 1 aliphatic heterocycles. The SMILES string of the molecule is CC(=O)N1CCC(n2c(=O)[nH]c3cnc(-c4cnn5ccccc45)nc32)CC1. The molecule has 0 atom stereocenters. The molecule has 9 nitrogen and oxygen atoms in total. The highest BCUT2D eigenvalue weighted by atomic mass is 16.2. The first-order chi connectivity index (χ1) is 13.6. The van der Waals surface area contributed by atoms with Gasteiger partial charge in [0.15, 0.2) is 11.5 Å². The number of pyridine rings is 1. The number of hydrogen-bond donors (Lipinski definition) is 1. The van der Waals surface area contributed by atoms with E-state index >= 15 is 0 Å². The zero-order valence-corrected chi connectivity index (χ0v) is 15.4. The molecule has 0 aromatic carbocycles. The molecule has 1 N–H and O–H groups in total. The molecule has 0 bridgehead atoms. The van der Waals surface area contributed by atoms with Crippen LogP contribution in [0.1, 0.15) is 25.8 Å². The zero-order chi connectivity index (χ0) is 19.3. The second kappa shape index (κ2) is 6.29. The molecule has 0 aliphatic carbocycles. The fourth-order valence-electron chi connectivity index (χ4n) is 3.93. The molecule has 28 heavy (non-hydrogen) atoms. The van der Waals surface area contributed by atoms with Crippen molar-refractivity contribution in [2.75, 3.05) is 13.1 Å². The first kappa shape index (κ1) is 16.7. The number of rotatable bonds is 2. The van der Waals surface area contributed by atoms with Crippen LogP contribution < -0.4 is 5.69 Å². The standard InChI is InChI=1S/C19H19N7O2/c1-12(27)24-8-5-13(6-9-24)26-18-15(22-19(26)28)11-20-17(23-18)14-10-21-25-7-3-2-4-16(14)25/h2-4,7,10-11,13H,5-6,8-9H2,1H3,(H,22,28). The van der Waals surface area contributed by atoms with Gasteiger partial charge in [0.25, 0.3) is 0 Å². The van der Waals surface area contributed by atoms with Gasteiger partial charge in [-0.1, -0.05) is 6.07 Å². The van der Waals surface area contributed by atoms with Gasteiger partial charge in [-0.25, -0.2) is 19.3 Å². The number of nitrogens with zero attached hydrogens (tertiary/aromatic N) is 6. The molecule has 0 saturated carbocycles. The molecule has 0 spiro atoms. The van der Waals surface area contributed by atoms with Crippen molar-refractivity contribution in [3.8, 4) is 11.4 Å². The lowest BCUT2D eigenvalue weighted by molar-refractivity contribution is -0.130. The van der Waals surface area contributed by atoms with Crippen LogP contribution in [0.2, 0.25) is 0 Å². The van der Waals surface area contributed by atoms with Crippen molar-refractivity contribution in [3.05, 3.63) is 47.3 Å². The van der Waals surface area contributed by atoms with Gasteiger partial charge in [-0.05, 0) is 25.0 Å². The number of piperidine rings is 1. The molecule has 9 heteroatoms. The molecule has 4 aromatic rings. The van der Waals surface area contributed by atoms with Crippen molar-refractivity contribution in [3.63, 3.8) is 0 Å². The number of nitrogens with one attached hydrogen (secondary N) is 1. The van der Waals surface area contributed by atoms with Crippen LogP contribution in [0.4, 0.5) is 0 Å². The van der Waals surface area contributed by atoms with Gasteiger partial charge in [0.05, 0.1) is 23.5 Å². The van der Waals surface area contributed by atoms with Crippen LogP contribution >= 0.6 is 0 Å². The molecule has 1 aliphatic rings. The Morgan fingerprint density at radius 1 is 1.21 bits per heavy atom. The Bertz CT molecular complexity index is 1240. The van der Waals surface area contributed by atoms with Crippen LogP contribution in [-0.4, -0.2) is 53.0 Å². The highest BCUT2D eigenvalue weighted by Gasteiger charge is 2.25. The lowest BCUT2D eigenvalue weighted by Crippen LogP contribution is -2.39. The number of aromatic amines is 1. The number of carbonyl (C=O) groups excluding carboxylic acids is 1. The topological polar surface area (TPSA) is 101 Å². The van der Waals surface area contributed by atoms with Crippen LogP contribution in [0.25, 0.3) is 28.1 Å². The normalized spacial score (nSPS) is 15.5. The van der Waals surface area contributed by atoms with Crippen LogP contribution in [0.3, 0.4) is 0 Å². The van der Waals surface area contributed by atoms with Gasteiger partial charge in [-0.15, -0.1) is 0 Å². The molecular weight excluding hydrogens is 358 g/mol. The Morgan fingerprint density at radius 2 is 2.04 bits per heavy atom. The van der Waals surface area contributed by atoms with Crippen LogP contribution in [0, 0.1) is 0 Å². The summed E-state index contributed by atoms with van der Waals surface area (Å²) in [7, 11) is 0. The highest BCUT2D eigenvalue weighted by Crippen LogP contribution is 2.26. The molecule has 0 radical (unpaired) electrons. The van der Waals surface area contributed by atoms with E-state index in [0.29, 0.717) is 30.1 Å². The van der Waals surface area contributed by atoms with Crippen molar-refractivity contribution in [2.24, 2.45) is 0 Å². The number of imidazole rings is 1. The van der Waals surface area contributed by atoms with Crippen LogP contribution in [-0.2, 0) is 4.79 Å². The van der Waals surface area contributed by atoms with Gasteiger partial charge in [0.2, 0.25) is 5.91 Å². The summed E-state index contributed by atoms with van der Waals surface area (Å²) in [6.45, 7) is 2.87. The zero-order valence-electron chi connectivity index (χ0n) is 15.4. The molecular formula is C19H19N7O2. The summed E-state index contributed by atoms with van der Waals surface area (Å²) in [5, 5.41) is 4.34. The number of hydrogen-bond acceptors (Lipinski definition) is 5. The van der Waals surface area contributed by atoms with E-state index in [0.717, 1.165) is 23.9 Å². The minimum absolute atomic E-state index is 0.00325. The minimum Gasteiger partial charge on any atom is -0.343 e. The summed E-state index contributed by atoms with van der Waals surface area (Å²) in [6, 6.07) is 5.81. The first-order valence-corrected chi connectivity index (χ1v) is 9.27. The third-order valence-corrected chi connectivity index (χ3v) is 5.40. The van der Waals surface area contributed by atoms with Crippen LogP contribution in [0.15, 0.2) is 41.6 Å². The summed E-state index contributed by atoms with van der Waals surface area (Å²) >= 11 is 0. The van der Waals surface area contributed by atoms with Crippen molar-refractivity contribution in [1.82, 2.24) is 34.0 Å². The van der Waals surface area contributed by atoms with Crippen molar-refractivity contribution in [2.45, 2.75) is 25.8 Å². The summed E-state index contributed by atoms with van der Waals surface area (Å²) < 4.78 is 3.48. The maximum atomic E-state index is 12.6. The fraction of sp³-hybridized carbons (Fsp3) is 0.316. The molecule has 1 saturated heterocycles. The quantitative estimate of drug-likeness (QED) is 0.572. The number of H-pyrrole nitrogens is 1. The number of amides is 1.